The Morgan fingerprint density at radius 2 is 2.00 bits per heavy atom. The van der Waals surface area contributed by atoms with Gasteiger partial charge >= 0.3 is 0 Å². The van der Waals surface area contributed by atoms with Gasteiger partial charge in [0.05, 0.1) is 23.1 Å². The molecule has 0 saturated carbocycles. The Morgan fingerprint density at radius 1 is 1.27 bits per heavy atom. The second-order valence-electron chi connectivity index (χ2n) is 7.05. The van der Waals surface area contributed by atoms with Crippen LogP contribution in [0.1, 0.15) is 26.3 Å². The van der Waals surface area contributed by atoms with Crippen LogP contribution < -0.4 is 9.64 Å². The van der Waals surface area contributed by atoms with Crippen molar-refractivity contribution >= 4 is 49.1 Å². The number of anilines is 1. The summed E-state index contributed by atoms with van der Waals surface area (Å²) in [5, 5.41) is 0.216. The zero-order valence-electron chi connectivity index (χ0n) is 17.1. The fourth-order valence-corrected chi connectivity index (χ4v) is 5.77. The molecule has 30 heavy (non-hydrogen) atoms. The first-order chi connectivity index (χ1) is 14.2. The number of halogens is 2. The van der Waals surface area contributed by atoms with Crippen LogP contribution in [-0.4, -0.2) is 44.4 Å². The molecular weight excluding hydrogens is 492 g/mol. The van der Waals surface area contributed by atoms with Gasteiger partial charge in [-0.3, -0.25) is 4.79 Å². The Kier molecular flexibility index (Phi) is 7.12. The highest BCUT2D eigenvalue weighted by atomic mass is 79.9. The number of carbonyl (C=O) groups is 1. The molecule has 0 bridgehead atoms. The summed E-state index contributed by atoms with van der Waals surface area (Å²) in [6.45, 7) is 5.83. The average molecular weight is 516 g/mol. The first-order valence-corrected chi connectivity index (χ1v) is 12.3. The second kappa shape index (κ2) is 9.26. The number of carbonyl (C=O) groups excluding carboxylic acids is 1. The lowest BCUT2D eigenvalue weighted by Gasteiger charge is -2.27. The van der Waals surface area contributed by atoms with Crippen LogP contribution in [0.2, 0.25) is 5.02 Å². The minimum atomic E-state index is -3.89. The van der Waals surface area contributed by atoms with Gasteiger partial charge in [-0.1, -0.05) is 34.5 Å². The molecule has 2 aromatic rings. The molecule has 0 aromatic heterocycles. The largest absolute Gasteiger partial charge is 0.492 e. The summed E-state index contributed by atoms with van der Waals surface area (Å²) in [7, 11) is -3.89. The molecule has 0 fully saturated rings. The van der Waals surface area contributed by atoms with Gasteiger partial charge in [0.2, 0.25) is 15.9 Å². The minimum Gasteiger partial charge on any atom is -0.492 e. The molecule has 2 aromatic carbocycles. The summed E-state index contributed by atoms with van der Waals surface area (Å²) in [6.07, 6.45) is 0.730. The van der Waals surface area contributed by atoms with Crippen LogP contribution in [0.5, 0.6) is 5.75 Å². The van der Waals surface area contributed by atoms with Crippen molar-refractivity contribution in [3.63, 3.8) is 0 Å². The highest BCUT2D eigenvalue weighted by molar-refractivity contribution is 9.10. The van der Waals surface area contributed by atoms with Gasteiger partial charge < -0.3 is 9.64 Å². The predicted octanol–water partition coefficient (Wildman–Crippen LogP) is 4.49. The van der Waals surface area contributed by atoms with E-state index in [0.717, 1.165) is 22.1 Å². The van der Waals surface area contributed by atoms with Crippen LogP contribution in [0.3, 0.4) is 0 Å². The Bertz CT molecular complexity index is 1060. The number of ether oxygens (including phenoxy) is 1. The van der Waals surface area contributed by atoms with Gasteiger partial charge in [0.25, 0.3) is 0 Å². The smallest absolute Gasteiger partial charge is 0.243 e. The maximum Gasteiger partial charge on any atom is 0.243 e. The normalized spacial score (nSPS) is 16.1. The molecule has 1 aliphatic rings. The molecule has 1 aliphatic heterocycles. The van der Waals surface area contributed by atoms with Crippen molar-refractivity contribution < 1.29 is 17.9 Å². The molecule has 1 amide bonds. The zero-order valence-corrected chi connectivity index (χ0v) is 20.2. The van der Waals surface area contributed by atoms with E-state index in [2.05, 4.69) is 15.9 Å². The second-order valence-corrected chi connectivity index (χ2v) is 10.3. The van der Waals surface area contributed by atoms with E-state index < -0.39 is 10.0 Å². The topological polar surface area (TPSA) is 66.9 Å². The Balaban J connectivity index is 1.84. The van der Waals surface area contributed by atoms with Crippen molar-refractivity contribution in [3.05, 3.63) is 51.5 Å². The van der Waals surface area contributed by atoms with E-state index in [4.69, 9.17) is 16.3 Å². The summed E-state index contributed by atoms with van der Waals surface area (Å²) < 4.78 is 33.8. The number of rotatable bonds is 7. The zero-order chi connectivity index (χ0) is 22.1. The summed E-state index contributed by atoms with van der Waals surface area (Å²) in [5.41, 5.74) is 1.89. The molecule has 162 valence electrons. The van der Waals surface area contributed by atoms with Crippen molar-refractivity contribution in [1.29, 1.82) is 0 Å². The quantitative estimate of drug-likeness (QED) is 0.545. The summed E-state index contributed by atoms with van der Waals surface area (Å²) in [6, 6.07) is 10.1. The molecular formula is C21H24BrClN2O4S. The lowest BCUT2D eigenvalue weighted by atomic mass is 10.1. The van der Waals surface area contributed by atoms with Crippen LogP contribution >= 0.6 is 27.5 Å². The third kappa shape index (κ3) is 4.51. The lowest BCUT2D eigenvalue weighted by Crippen LogP contribution is -2.45. The predicted molar refractivity (Wildman–Crippen MR) is 122 cm³/mol. The van der Waals surface area contributed by atoms with E-state index in [9.17, 15) is 13.2 Å². The standard InChI is InChI=1S/C21H24BrClN2O4S/c1-4-24(30(27,28)17-7-9-20(29-5-2)18(23)12-17)13-21(26)25-14(3)10-15-11-16(22)6-8-19(15)25/h6-9,11-12,14H,4-5,10,13H2,1-3H3. The van der Waals surface area contributed by atoms with Crippen LogP contribution in [0.25, 0.3) is 0 Å². The Hall–Kier alpha value is -1.61. The maximum absolute atomic E-state index is 13.2. The van der Waals surface area contributed by atoms with Gasteiger partial charge in [-0.15, -0.1) is 0 Å². The molecule has 0 N–H and O–H groups in total. The fourth-order valence-electron chi connectivity index (χ4n) is 3.64. The van der Waals surface area contributed by atoms with Crippen LogP contribution in [-0.2, 0) is 21.2 Å². The monoisotopic (exact) mass is 514 g/mol. The summed E-state index contributed by atoms with van der Waals surface area (Å²) >= 11 is 9.63. The first-order valence-electron chi connectivity index (χ1n) is 9.72. The van der Waals surface area contributed by atoms with Crippen molar-refractivity contribution in [1.82, 2.24) is 4.31 Å². The highest BCUT2D eigenvalue weighted by Crippen LogP contribution is 2.34. The van der Waals surface area contributed by atoms with Crippen molar-refractivity contribution in [2.24, 2.45) is 0 Å². The third-order valence-corrected chi connectivity index (χ3v) is 7.74. The number of hydrogen-bond donors (Lipinski definition) is 0. The van der Waals surface area contributed by atoms with Gasteiger partial charge in [-0.2, -0.15) is 4.31 Å². The van der Waals surface area contributed by atoms with Gasteiger partial charge in [-0.05, 0) is 62.2 Å². The molecule has 1 atom stereocenters. The van der Waals surface area contributed by atoms with Crippen LogP contribution in [0.4, 0.5) is 5.69 Å². The van der Waals surface area contributed by atoms with Crippen molar-refractivity contribution in [2.45, 2.75) is 38.1 Å². The minimum absolute atomic E-state index is 0.0319. The molecule has 1 heterocycles. The molecule has 0 radical (unpaired) electrons. The van der Waals surface area contributed by atoms with E-state index in [0.29, 0.717) is 12.4 Å². The van der Waals surface area contributed by atoms with Gasteiger partial charge in [0.15, 0.2) is 0 Å². The summed E-state index contributed by atoms with van der Waals surface area (Å²) in [5.74, 6) is 0.164. The lowest BCUT2D eigenvalue weighted by molar-refractivity contribution is -0.119. The molecule has 0 saturated heterocycles. The molecule has 1 unspecified atom stereocenters. The third-order valence-electron chi connectivity index (χ3n) is 5.03. The van der Waals surface area contributed by atoms with Crippen LogP contribution in [0, 0.1) is 0 Å². The Morgan fingerprint density at radius 3 is 2.63 bits per heavy atom. The maximum atomic E-state index is 13.2. The van der Waals surface area contributed by atoms with Crippen molar-refractivity contribution in [2.75, 3.05) is 24.6 Å². The number of benzene rings is 2. The van der Waals surface area contributed by atoms with E-state index in [-0.39, 0.29) is 35.0 Å². The Labute approximate surface area is 190 Å². The molecule has 9 heteroatoms. The SMILES string of the molecule is CCOc1ccc(S(=O)(=O)N(CC)CC(=O)N2c3ccc(Br)cc3CC2C)cc1Cl. The van der Waals surface area contributed by atoms with Gasteiger partial charge in [-0.25, -0.2) is 8.42 Å². The fraction of sp³-hybridized carbons (Fsp3) is 0.381. The van der Waals surface area contributed by atoms with E-state index in [1.54, 1.807) is 11.8 Å². The van der Waals surface area contributed by atoms with E-state index in [1.807, 2.05) is 32.0 Å². The highest BCUT2D eigenvalue weighted by Gasteiger charge is 2.34. The summed E-state index contributed by atoms with van der Waals surface area (Å²) in [4.78, 5) is 14.8. The number of hydrogen-bond acceptors (Lipinski definition) is 4. The number of fused-ring (bicyclic) bond motifs is 1. The van der Waals surface area contributed by atoms with Crippen LogP contribution in [0.15, 0.2) is 45.8 Å². The van der Waals surface area contributed by atoms with Crippen molar-refractivity contribution in [3.8, 4) is 5.75 Å². The molecule has 0 aliphatic carbocycles. The van der Waals surface area contributed by atoms with E-state index in [1.165, 1.54) is 22.5 Å². The first kappa shape index (κ1) is 23.1. The number of nitrogens with zero attached hydrogens (tertiary/aromatic N) is 2. The molecule has 3 rings (SSSR count). The molecule has 6 nitrogen and oxygen atoms in total. The van der Waals surface area contributed by atoms with E-state index >= 15 is 0 Å². The van der Waals surface area contributed by atoms with Gasteiger partial charge in [0.1, 0.15) is 5.75 Å². The number of amides is 1. The van der Waals surface area contributed by atoms with Gasteiger partial charge in [0, 0.05) is 22.7 Å². The number of likely N-dealkylation sites (N-methyl/N-ethyl adjacent to an activating group) is 1. The molecule has 0 spiro atoms. The average Bonchev–Trinajstić information content (AvgIpc) is 3.02. The number of sulfonamides is 1.